The highest BCUT2D eigenvalue weighted by molar-refractivity contribution is 5.67. The highest BCUT2D eigenvalue weighted by atomic mass is 19.1. The molecule has 0 radical (unpaired) electrons. The molecule has 0 spiro atoms. The lowest BCUT2D eigenvalue weighted by Crippen LogP contribution is -2.06. The molecule has 2 aliphatic carbocycles. The molecule has 2 aromatic carbocycles. The first-order valence-corrected chi connectivity index (χ1v) is 11.3. The Bertz CT molecular complexity index is 820. The van der Waals surface area contributed by atoms with E-state index in [1.54, 1.807) is 19.3 Å². The summed E-state index contributed by atoms with van der Waals surface area (Å²) in [5, 5.41) is 8.48. The molecule has 2 aliphatic rings. The van der Waals surface area contributed by atoms with Gasteiger partial charge in [0.1, 0.15) is 11.6 Å². The minimum absolute atomic E-state index is 0.0808. The van der Waals surface area contributed by atoms with Crippen LogP contribution in [0.2, 0.25) is 0 Å². The van der Waals surface area contributed by atoms with E-state index in [4.69, 9.17) is 9.84 Å². The standard InChI is InChI=1S/C13H17FO.C11H12O2.C3H6/c1-15-11-7-8-13(14)12(9-11)10-5-3-2-4-6-10;1-2-9-4-3-5-10(8-9)6-7-11(12)13;1-2-3-1/h7-10H,2-6H2,1H3;2-5,8H,1,6-7H2,(H,12,13);1-3H2. The zero-order chi connectivity index (χ0) is 22.5. The molecule has 3 nitrogen and oxygen atoms in total. The molecule has 2 fully saturated rings. The van der Waals surface area contributed by atoms with Crippen molar-refractivity contribution < 1.29 is 19.0 Å². The Morgan fingerprint density at radius 3 is 2.35 bits per heavy atom. The molecule has 2 saturated carbocycles. The zero-order valence-electron chi connectivity index (χ0n) is 18.6. The summed E-state index contributed by atoms with van der Waals surface area (Å²) in [6.45, 7) is 3.65. The number of aryl methyl sites for hydroxylation is 1. The van der Waals surface area contributed by atoms with Crippen LogP contribution in [0, 0.1) is 5.82 Å². The van der Waals surface area contributed by atoms with Crippen molar-refractivity contribution in [3.05, 3.63) is 71.6 Å². The molecule has 2 aromatic rings. The van der Waals surface area contributed by atoms with Gasteiger partial charge in [-0.15, -0.1) is 0 Å². The summed E-state index contributed by atoms with van der Waals surface area (Å²) < 4.78 is 18.8. The van der Waals surface area contributed by atoms with E-state index >= 15 is 0 Å². The van der Waals surface area contributed by atoms with E-state index in [-0.39, 0.29) is 12.2 Å². The van der Waals surface area contributed by atoms with Crippen LogP contribution in [0.15, 0.2) is 49.0 Å². The first kappa shape index (κ1) is 24.6. The van der Waals surface area contributed by atoms with Gasteiger partial charge in [0.2, 0.25) is 0 Å². The number of rotatable bonds is 6. The highest BCUT2D eigenvalue weighted by Crippen LogP contribution is 2.35. The first-order chi connectivity index (χ1) is 15.0. The number of aliphatic carboxylic acids is 1. The number of benzene rings is 2. The van der Waals surface area contributed by atoms with E-state index < -0.39 is 5.97 Å². The fraction of sp³-hybridized carbons (Fsp3) is 0.444. The van der Waals surface area contributed by atoms with Crippen molar-refractivity contribution in [3.63, 3.8) is 0 Å². The average molecular weight is 427 g/mol. The van der Waals surface area contributed by atoms with Gasteiger partial charge in [0.05, 0.1) is 7.11 Å². The number of halogens is 1. The van der Waals surface area contributed by atoms with Crippen LogP contribution in [-0.2, 0) is 11.2 Å². The lowest BCUT2D eigenvalue weighted by Gasteiger charge is -2.22. The van der Waals surface area contributed by atoms with Crippen LogP contribution in [0.5, 0.6) is 5.75 Å². The number of methoxy groups -OCH3 is 1. The maximum absolute atomic E-state index is 13.6. The van der Waals surface area contributed by atoms with Gasteiger partial charge in [0.25, 0.3) is 0 Å². The smallest absolute Gasteiger partial charge is 0.303 e. The zero-order valence-corrected chi connectivity index (χ0v) is 18.6. The van der Waals surface area contributed by atoms with E-state index in [9.17, 15) is 9.18 Å². The molecule has 0 atom stereocenters. The summed E-state index contributed by atoms with van der Waals surface area (Å²) in [6.07, 6.45) is 13.0. The van der Waals surface area contributed by atoms with Crippen LogP contribution in [0.1, 0.15) is 80.4 Å². The Morgan fingerprint density at radius 2 is 1.77 bits per heavy atom. The third kappa shape index (κ3) is 9.82. The topological polar surface area (TPSA) is 46.5 Å². The summed E-state index contributed by atoms with van der Waals surface area (Å²) >= 11 is 0. The first-order valence-electron chi connectivity index (χ1n) is 11.3. The molecular formula is C27H35FO3. The molecular weight excluding hydrogens is 391 g/mol. The van der Waals surface area contributed by atoms with Gasteiger partial charge >= 0.3 is 5.97 Å². The molecule has 0 saturated heterocycles. The third-order valence-electron chi connectivity index (χ3n) is 5.42. The molecule has 0 amide bonds. The maximum Gasteiger partial charge on any atom is 0.303 e. The molecule has 0 aliphatic heterocycles. The second-order valence-corrected chi connectivity index (χ2v) is 8.13. The predicted molar refractivity (Wildman–Crippen MR) is 125 cm³/mol. The second-order valence-electron chi connectivity index (χ2n) is 8.13. The minimum atomic E-state index is -0.760. The van der Waals surface area contributed by atoms with Gasteiger partial charge in [-0.2, -0.15) is 0 Å². The Hall–Kier alpha value is -2.62. The fourth-order valence-corrected chi connectivity index (χ4v) is 3.50. The number of hydrogen-bond acceptors (Lipinski definition) is 2. The van der Waals surface area contributed by atoms with Crippen LogP contribution in [-0.4, -0.2) is 18.2 Å². The van der Waals surface area contributed by atoms with Gasteiger partial charge in [-0.3, -0.25) is 4.79 Å². The van der Waals surface area contributed by atoms with Crippen molar-refractivity contribution >= 4 is 12.0 Å². The third-order valence-corrected chi connectivity index (χ3v) is 5.42. The van der Waals surface area contributed by atoms with Gasteiger partial charge in [-0.1, -0.05) is 75.4 Å². The molecule has 0 aromatic heterocycles. The molecule has 4 heteroatoms. The Kier molecular flexibility index (Phi) is 10.8. The summed E-state index contributed by atoms with van der Waals surface area (Å²) in [7, 11) is 1.62. The number of ether oxygens (including phenoxy) is 1. The van der Waals surface area contributed by atoms with Crippen molar-refractivity contribution in [1.29, 1.82) is 0 Å². The van der Waals surface area contributed by atoms with Crippen LogP contribution >= 0.6 is 0 Å². The quantitative estimate of drug-likeness (QED) is 0.523. The van der Waals surface area contributed by atoms with E-state index in [0.29, 0.717) is 12.3 Å². The monoisotopic (exact) mass is 426 g/mol. The Balaban J connectivity index is 0.000000195. The predicted octanol–water partition coefficient (Wildman–Crippen LogP) is 7.40. The van der Waals surface area contributed by atoms with Gasteiger partial charge < -0.3 is 9.84 Å². The summed E-state index contributed by atoms with van der Waals surface area (Å²) in [5.41, 5.74) is 2.91. The Labute approximate surface area is 186 Å². The second kappa shape index (κ2) is 13.6. The van der Waals surface area contributed by atoms with Crippen molar-refractivity contribution in [2.24, 2.45) is 0 Å². The lowest BCUT2D eigenvalue weighted by atomic mass is 9.84. The van der Waals surface area contributed by atoms with Crippen molar-refractivity contribution in [2.75, 3.05) is 7.11 Å². The lowest BCUT2D eigenvalue weighted by molar-refractivity contribution is -0.136. The molecule has 168 valence electrons. The largest absolute Gasteiger partial charge is 0.497 e. The van der Waals surface area contributed by atoms with Crippen molar-refractivity contribution in [2.45, 2.75) is 70.1 Å². The molecule has 0 unspecified atom stereocenters. The van der Waals surface area contributed by atoms with Crippen LogP contribution in [0.4, 0.5) is 4.39 Å². The van der Waals surface area contributed by atoms with E-state index in [0.717, 1.165) is 35.3 Å². The Morgan fingerprint density at radius 1 is 1.10 bits per heavy atom. The molecule has 1 N–H and O–H groups in total. The average Bonchev–Trinajstić information content (AvgIpc) is 3.69. The normalized spacial score (nSPS) is 14.9. The number of carboxylic acids is 1. The molecule has 0 bridgehead atoms. The fourth-order valence-electron chi connectivity index (χ4n) is 3.50. The SMILES string of the molecule is C1CC1.C=Cc1cccc(CCC(=O)O)c1.COc1ccc(F)c(C2CCCCC2)c1. The number of carbonyl (C=O) groups is 1. The van der Waals surface area contributed by atoms with Crippen molar-refractivity contribution in [1.82, 2.24) is 0 Å². The van der Waals surface area contributed by atoms with Crippen LogP contribution in [0.3, 0.4) is 0 Å². The number of hydrogen-bond donors (Lipinski definition) is 1. The van der Waals surface area contributed by atoms with E-state index in [1.807, 2.05) is 30.3 Å². The van der Waals surface area contributed by atoms with Gasteiger partial charge in [-0.25, -0.2) is 4.39 Å². The number of carboxylic acid groups (broad SMARTS) is 1. The van der Waals surface area contributed by atoms with Crippen LogP contribution in [0.25, 0.3) is 6.08 Å². The van der Waals surface area contributed by atoms with E-state index in [2.05, 4.69) is 6.58 Å². The summed E-state index contributed by atoms with van der Waals surface area (Å²) in [5.74, 6) is 0.317. The summed E-state index contributed by atoms with van der Waals surface area (Å²) in [4.78, 5) is 10.3. The molecule has 31 heavy (non-hydrogen) atoms. The van der Waals surface area contributed by atoms with E-state index in [1.165, 1.54) is 44.6 Å². The molecule has 0 heterocycles. The van der Waals surface area contributed by atoms with Gasteiger partial charge in [0, 0.05) is 6.42 Å². The highest BCUT2D eigenvalue weighted by Gasteiger charge is 2.19. The van der Waals surface area contributed by atoms with Gasteiger partial charge in [0.15, 0.2) is 0 Å². The maximum atomic E-state index is 13.6. The van der Waals surface area contributed by atoms with Crippen molar-refractivity contribution in [3.8, 4) is 5.75 Å². The molecule has 4 rings (SSSR count). The minimum Gasteiger partial charge on any atom is -0.497 e. The van der Waals surface area contributed by atoms with Crippen LogP contribution < -0.4 is 4.74 Å². The summed E-state index contributed by atoms with van der Waals surface area (Å²) in [6, 6.07) is 12.8. The van der Waals surface area contributed by atoms with Gasteiger partial charge in [-0.05, 0) is 60.1 Å².